The summed E-state index contributed by atoms with van der Waals surface area (Å²) in [5, 5.41) is 6.70. The van der Waals surface area contributed by atoms with E-state index in [1.807, 2.05) is 24.9 Å². The number of likely N-dealkylation sites (N-methyl/N-ethyl adjacent to an activating group) is 1. The van der Waals surface area contributed by atoms with E-state index in [0.717, 1.165) is 38.6 Å². The van der Waals surface area contributed by atoms with Crippen LogP contribution < -0.4 is 10.6 Å². The van der Waals surface area contributed by atoms with Crippen LogP contribution in [0.2, 0.25) is 0 Å². The fraction of sp³-hybridized carbons (Fsp3) is 0.750. The Morgan fingerprint density at radius 1 is 1.12 bits per heavy atom. The molecule has 1 aromatic carbocycles. The molecule has 1 aromatic rings. The molecule has 3 rings (SSSR count). The minimum Gasteiger partial charge on any atom is -0.353 e. The van der Waals surface area contributed by atoms with E-state index < -0.39 is 5.72 Å². The first-order valence-electron chi connectivity index (χ1n) is 13.7. The van der Waals surface area contributed by atoms with Gasteiger partial charge in [-0.3, -0.25) is 4.90 Å². The average Bonchev–Trinajstić information content (AvgIpc) is 2.85. The maximum Gasteiger partial charge on any atom is 0.319 e. The lowest BCUT2D eigenvalue weighted by atomic mass is 9.85. The first kappa shape index (κ1) is 27.0. The van der Waals surface area contributed by atoms with E-state index in [2.05, 4.69) is 41.8 Å². The molecule has 2 N–H and O–H groups in total. The Kier molecular flexibility index (Phi) is 11.1. The molecular formula is C28H47N3O3. The molecule has 0 bridgehead atoms. The second-order valence-electron chi connectivity index (χ2n) is 10.1. The number of likely N-dealkylation sites (tertiary alicyclic amines) is 1. The van der Waals surface area contributed by atoms with Gasteiger partial charge in [-0.05, 0) is 57.6 Å². The minimum atomic E-state index is -0.700. The minimum absolute atomic E-state index is 0.00181. The van der Waals surface area contributed by atoms with Gasteiger partial charge in [0.1, 0.15) is 0 Å². The van der Waals surface area contributed by atoms with Crippen molar-refractivity contribution in [2.24, 2.45) is 5.92 Å². The number of hydrogen-bond donors (Lipinski definition) is 2. The Balaban J connectivity index is 1.80. The molecule has 34 heavy (non-hydrogen) atoms. The fourth-order valence-corrected chi connectivity index (χ4v) is 5.74. The van der Waals surface area contributed by atoms with E-state index in [0.29, 0.717) is 25.5 Å². The number of hydrogen-bond acceptors (Lipinski definition) is 4. The summed E-state index contributed by atoms with van der Waals surface area (Å²) < 4.78 is 12.6. The van der Waals surface area contributed by atoms with Crippen LogP contribution in [-0.4, -0.2) is 55.7 Å². The Bertz CT molecular complexity index is 710. The molecule has 2 aliphatic rings. The van der Waals surface area contributed by atoms with Crippen molar-refractivity contribution in [3.8, 4) is 0 Å². The summed E-state index contributed by atoms with van der Waals surface area (Å²) in [6, 6.07) is 10.5. The molecule has 3 atom stereocenters. The zero-order chi connectivity index (χ0) is 24.2. The monoisotopic (exact) mass is 473 g/mol. The highest BCUT2D eigenvalue weighted by Crippen LogP contribution is 2.35. The smallest absolute Gasteiger partial charge is 0.319 e. The molecule has 192 valence electrons. The lowest BCUT2D eigenvalue weighted by Crippen LogP contribution is -2.62. The van der Waals surface area contributed by atoms with E-state index in [1.54, 1.807) is 0 Å². The van der Waals surface area contributed by atoms with Gasteiger partial charge in [0.15, 0.2) is 12.0 Å². The molecule has 1 aliphatic carbocycles. The zero-order valence-electron chi connectivity index (χ0n) is 21.7. The van der Waals surface area contributed by atoms with Crippen molar-refractivity contribution in [1.29, 1.82) is 0 Å². The number of ether oxygens (including phenoxy) is 2. The van der Waals surface area contributed by atoms with Gasteiger partial charge in [-0.2, -0.15) is 0 Å². The lowest BCUT2D eigenvalue weighted by molar-refractivity contribution is -0.258. The van der Waals surface area contributed by atoms with Crippen molar-refractivity contribution in [2.45, 2.75) is 103 Å². The first-order chi connectivity index (χ1) is 16.6. The van der Waals surface area contributed by atoms with Crippen LogP contribution in [0.1, 0.15) is 83.6 Å². The quantitative estimate of drug-likeness (QED) is 0.395. The highest BCUT2D eigenvalue weighted by Gasteiger charge is 2.45. The van der Waals surface area contributed by atoms with Crippen molar-refractivity contribution in [2.75, 3.05) is 26.7 Å². The molecule has 0 aromatic heterocycles. The highest BCUT2D eigenvalue weighted by molar-refractivity contribution is 5.75. The number of carbonyl (C=O) groups is 1. The Labute approximate surface area is 207 Å². The summed E-state index contributed by atoms with van der Waals surface area (Å²) >= 11 is 0. The van der Waals surface area contributed by atoms with Gasteiger partial charge >= 0.3 is 6.03 Å². The van der Waals surface area contributed by atoms with Crippen LogP contribution in [0.3, 0.4) is 0 Å². The van der Waals surface area contributed by atoms with Crippen LogP contribution >= 0.6 is 0 Å². The Morgan fingerprint density at radius 2 is 1.88 bits per heavy atom. The fourth-order valence-electron chi connectivity index (χ4n) is 5.74. The van der Waals surface area contributed by atoms with E-state index >= 15 is 0 Å². The van der Waals surface area contributed by atoms with Gasteiger partial charge in [0.2, 0.25) is 0 Å². The molecular weight excluding hydrogens is 426 g/mol. The topological polar surface area (TPSA) is 62.8 Å². The molecule has 2 fully saturated rings. The van der Waals surface area contributed by atoms with Crippen LogP contribution in [-0.2, 0) is 15.9 Å². The van der Waals surface area contributed by atoms with Crippen LogP contribution in [0, 0.1) is 5.92 Å². The predicted octanol–water partition coefficient (Wildman–Crippen LogP) is 5.47. The number of amides is 2. The van der Waals surface area contributed by atoms with Crippen molar-refractivity contribution < 1.29 is 14.3 Å². The molecule has 6 nitrogen and oxygen atoms in total. The maximum absolute atomic E-state index is 13.8. The third kappa shape index (κ3) is 7.69. The molecule has 0 radical (unpaired) electrons. The number of piperidine rings is 1. The number of rotatable bonds is 12. The zero-order valence-corrected chi connectivity index (χ0v) is 21.7. The van der Waals surface area contributed by atoms with E-state index in [1.165, 1.54) is 37.7 Å². The molecule has 2 unspecified atom stereocenters. The van der Waals surface area contributed by atoms with Crippen LogP contribution in [0.5, 0.6) is 0 Å². The third-order valence-electron chi connectivity index (χ3n) is 7.42. The molecule has 1 saturated carbocycles. The van der Waals surface area contributed by atoms with Crippen molar-refractivity contribution in [3.05, 3.63) is 35.9 Å². The van der Waals surface area contributed by atoms with Crippen molar-refractivity contribution >= 4 is 6.03 Å². The SMILES string of the molecule is CCOC(CC)OC1(Cc2ccccc2)CCCCN1C(=O)N[C@H](CNC)CC1CCCCC1. The van der Waals surface area contributed by atoms with Gasteiger partial charge in [-0.25, -0.2) is 4.79 Å². The second kappa shape index (κ2) is 14.1. The van der Waals surface area contributed by atoms with Crippen LogP contribution in [0.15, 0.2) is 30.3 Å². The summed E-state index contributed by atoms with van der Waals surface area (Å²) in [6.45, 7) is 6.17. The highest BCUT2D eigenvalue weighted by atomic mass is 16.7. The van der Waals surface area contributed by atoms with E-state index in [9.17, 15) is 4.79 Å². The first-order valence-corrected chi connectivity index (χ1v) is 13.7. The van der Waals surface area contributed by atoms with Crippen molar-refractivity contribution in [1.82, 2.24) is 15.5 Å². The van der Waals surface area contributed by atoms with Gasteiger partial charge in [-0.15, -0.1) is 0 Å². The van der Waals surface area contributed by atoms with Gasteiger partial charge in [0.25, 0.3) is 0 Å². The van der Waals surface area contributed by atoms with Gasteiger partial charge in [-0.1, -0.05) is 69.4 Å². The second-order valence-corrected chi connectivity index (χ2v) is 10.1. The van der Waals surface area contributed by atoms with Gasteiger partial charge in [0, 0.05) is 32.2 Å². The summed E-state index contributed by atoms with van der Waals surface area (Å²) in [7, 11) is 1.97. The number of nitrogens with one attached hydrogen (secondary N) is 2. The Morgan fingerprint density at radius 3 is 2.56 bits per heavy atom. The number of carbonyl (C=O) groups excluding carboxylic acids is 1. The molecule has 2 amide bonds. The normalized spacial score (nSPS) is 23.4. The molecule has 1 aliphatic heterocycles. The van der Waals surface area contributed by atoms with E-state index in [-0.39, 0.29) is 18.4 Å². The third-order valence-corrected chi connectivity index (χ3v) is 7.42. The summed E-state index contributed by atoms with van der Waals surface area (Å²) in [5.41, 5.74) is 0.483. The maximum atomic E-state index is 13.8. The summed E-state index contributed by atoms with van der Waals surface area (Å²) in [4.78, 5) is 15.8. The molecule has 1 heterocycles. The average molecular weight is 474 g/mol. The number of nitrogens with zero attached hydrogens (tertiary/aromatic N) is 1. The summed E-state index contributed by atoms with van der Waals surface area (Å²) in [5.74, 6) is 0.710. The number of benzene rings is 1. The molecule has 6 heteroatoms. The molecule has 0 spiro atoms. The van der Waals surface area contributed by atoms with Crippen LogP contribution in [0.25, 0.3) is 0 Å². The van der Waals surface area contributed by atoms with Crippen LogP contribution in [0.4, 0.5) is 4.79 Å². The van der Waals surface area contributed by atoms with Crippen molar-refractivity contribution in [3.63, 3.8) is 0 Å². The largest absolute Gasteiger partial charge is 0.353 e. The van der Waals surface area contributed by atoms with Gasteiger partial charge < -0.3 is 20.1 Å². The lowest BCUT2D eigenvalue weighted by Gasteiger charge is -2.48. The number of urea groups is 1. The standard InChI is InChI=1S/C28H47N3O3/c1-4-26(33-5-2)34-28(21-24-16-10-7-11-17-24)18-12-13-19-31(28)27(32)30-25(22-29-3)20-23-14-8-6-9-15-23/h7,10-11,16-17,23,25-26,29H,4-6,8-9,12-15,18-22H2,1-3H3,(H,30,32)/t25-,26?,28?/m0/s1. The van der Waals surface area contributed by atoms with E-state index in [4.69, 9.17) is 9.47 Å². The Hall–Kier alpha value is -1.63. The van der Waals surface area contributed by atoms with Gasteiger partial charge in [0.05, 0.1) is 0 Å². The predicted molar refractivity (Wildman–Crippen MR) is 138 cm³/mol. The summed E-state index contributed by atoms with van der Waals surface area (Å²) in [6.07, 6.45) is 11.6. The molecule has 1 saturated heterocycles.